The van der Waals surface area contributed by atoms with Gasteiger partial charge in [0.1, 0.15) is 6.10 Å². The second kappa shape index (κ2) is 13.6. The minimum Gasteiger partial charge on any atom is -0.485 e. The minimum absolute atomic E-state index is 0.0465. The first kappa shape index (κ1) is 32.1. The lowest BCUT2D eigenvalue weighted by molar-refractivity contribution is -0.137. The van der Waals surface area contributed by atoms with E-state index in [0.717, 1.165) is 12.1 Å². The molecule has 0 bridgehead atoms. The molecule has 0 radical (unpaired) electrons. The number of para-hydroxylation sites is 1. The van der Waals surface area contributed by atoms with Gasteiger partial charge in [0.2, 0.25) is 5.91 Å². The van der Waals surface area contributed by atoms with E-state index in [0.29, 0.717) is 31.7 Å². The van der Waals surface area contributed by atoms with E-state index < -0.39 is 29.9 Å². The predicted octanol–water partition coefficient (Wildman–Crippen LogP) is 4.45. The lowest BCUT2D eigenvalue weighted by Gasteiger charge is -2.38. The van der Waals surface area contributed by atoms with Gasteiger partial charge in [0.25, 0.3) is 5.91 Å². The van der Waals surface area contributed by atoms with Gasteiger partial charge in [0.05, 0.1) is 36.0 Å². The quantitative estimate of drug-likeness (QED) is 0.428. The van der Waals surface area contributed by atoms with Crippen LogP contribution >= 0.6 is 0 Å². The average Bonchev–Trinajstić information content (AvgIpc) is 2.99. The number of alkyl halides is 3. The van der Waals surface area contributed by atoms with Crippen molar-refractivity contribution in [3.8, 4) is 5.75 Å². The van der Waals surface area contributed by atoms with Crippen molar-refractivity contribution in [1.82, 2.24) is 9.80 Å². The summed E-state index contributed by atoms with van der Waals surface area (Å²) < 4.78 is 50.5. The molecule has 3 atom stereocenters. The van der Waals surface area contributed by atoms with Crippen LogP contribution in [0.5, 0.6) is 5.75 Å². The van der Waals surface area contributed by atoms with Crippen LogP contribution in [0.15, 0.2) is 42.5 Å². The smallest absolute Gasteiger partial charge is 0.416 e. The van der Waals surface area contributed by atoms with Gasteiger partial charge in [-0.25, -0.2) is 4.79 Å². The maximum Gasteiger partial charge on any atom is 0.416 e. The van der Waals surface area contributed by atoms with Crippen LogP contribution in [-0.2, 0) is 15.7 Å². The molecule has 2 aromatic carbocycles. The number of anilines is 2. The van der Waals surface area contributed by atoms with Gasteiger partial charge in [-0.15, -0.1) is 0 Å². The Labute approximate surface area is 248 Å². The number of hydrogen-bond acceptors (Lipinski definition) is 6. The van der Waals surface area contributed by atoms with Crippen LogP contribution in [0.1, 0.15) is 42.6 Å². The number of fused-ring (bicyclic) bond motifs is 1. The molecule has 0 aromatic heterocycles. The van der Waals surface area contributed by atoms with Crippen LogP contribution < -0.4 is 15.4 Å². The van der Waals surface area contributed by atoms with Gasteiger partial charge in [-0.3, -0.25) is 9.59 Å². The fraction of sp³-hybridized carbons (Fsp3) is 0.500. The standard InChI is InChI=1S/C30H37F3N4O6/c1-18-15-37(19(2)17-38)28(40)23-5-4-6-24(35-27(39)20-11-13-42-14-12-20)26(23)43-25(18)16-36(3)29(41)34-22-9-7-21(8-10-22)30(31,32)33/h4-10,18-20,25,38H,11-17H2,1-3H3,(H,34,41)(H,35,39)/t18-,19+,25+/m1/s1. The molecule has 10 nitrogen and oxygen atoms in total. The number of ether oxygens (including phenoxy) is 2. The molecule has 0 unspecified atom stereocenters. The van der Waals surface area contributed by atoms with Crippen molar-refractivity contribution in [1.29, 1.82) is 0 Å². The van der Waals surface area contributed by atoms with Crippen molar-refractivity contribution in [3.63, 3.8) is 0 Å². The van der Waals surface area contributed by atoms with Gasteiger partial charge >= 0.3 is 12.2 Å². The summed E-state index contributed by atoms with van der Waals surface area (Å²) in [5.41, 5.74) is -0.118. The fourth-order valence-corrected chi connectivity index (χ4v) is 5.07. The normalized spacial score (nSPS) is 20.3. The van der Waals surface area contributed by atoms with Crippen LogP contribution in [0.2, 0.25) is 0 Å². The summed E-state index contributed by atoms with van der Waals surface area (Å²) in [4.78, 5) is 42.6. The van der Waals surface area contributed by atoms with Gasteiger partial charge < -0.3 is 35.0 Å². The topological polar surface area (TPSA) is 120 Å². The number of carbonyl (C=O) groups excluding carboxylic acids is 3. The summed E-state index contributed by atoms with van der Waals surface area (Å²) in [5, 5.41) is 15.4. The van der Waals surface area contributed by atoms with Crippen molar-refractivity contribution in [2.75, 3.05) is 50.6 Å². The summed E-state index contributed by atoms with van der Waals surface area (Å²) in [6.07, 6.45) is -4.01. The van der Waals surface area contributed by atoms with Crippen LogP contribution in [0, 0.1) is 11.8 Å². The largest absolute Gasteiger partial charge is 0.485 e. The number of carbonyl (C=O) groups is 3. The number of likely N-dealkylation sites (N-methyl/N-ethyl adjacent to an activating group) is 1. The first-order valence-corrected chi connectivity index (χ1v) is 14.2. The van der Waals surface area contributed by atoms with E-state index in [1.54, 1.807) is 30.0 Å². The Morgan fingerprint density at radius 3 is 2.42 bits per heavy atom. The monoisotopic (exact) mass is 606 g/mol. The highest BCUT2D eigenvalue weighted by molar-refractivity contribution is 6.02. The molecule has 4 amide bonds. The van der Waals surface area contributed by atoms with Crippen molar-refractivity contribution in [2.45, 2.75) is 45.0 Å². The zero-order valence-corrected chi connectivity index (χ0v) is 24.3. The van der Waals surface area contributed by atoms with Crippen molar-refractivity contribution in [2.24, 2.45) is 11.8 Å². The van der Waals surface area contributed by atoms with E-state index in [2.05, 4.69) is 10.6 Å². The molecule has 2 aromatic rings. The third-order valence-corrected chi connectivity index (χ3v) is 7.81. The molecule has 0 saturated carbocycles. The first-order valence-electron chi connectivity index (χ1n) is 14.2. The van der Waals surface area contributed by atoms with Gasteiger partial charge in [-0.2, -0.15) is 13.2 Å². The molecule has 2 heterocycles. The van der Waals surface area contributed by atoms with Gasteiger partial charge in [-0.05, 0) is 56.2 Å². The summed E-state index contributed by atoms with van der Waals surface area (Å²) in [6, 6.07) is 7.91. The molecular weight excluding hydrogens is 569 g/mol. The minimum atomic E-state index is -4.49. The van der Waals surface area contributed by atoms with Gasteiger partial charge in [-0.1, -0.05) is 13.0 Å². The number of hydrogen-bond donors (Lipinski definition) is 3. The Morgan fingerprint density at radius 2 is 1.79 bits per heavy atom. The average molecular weight is 607 g/mol. The Balaban J connectivity index is 1.58. The van der Waals surface area contributed by atoms with E-state index in [9.17, 15) is 32.7 Å². The number of nitrogens with one attached hydrogen (secondary N) is 2. The second-order valence-corrected chi connectivity index (χ2v) is 11.1. The molecule has 43 heavy (non-hydrogen) atoms. The van der Waals surface area contributed by atoms with Crippen LogP contribution in [-0.4, -0.2) is 84.9 Å². The highest BCUT2D eigenvalue weighted by Gasteiger charge is 2.36. The van der Waals surface area contributed by atoms with Crippen LogP contribution in [0.3, 0.4) is 0 Å². The number of aliphatic hydroxyl groups is 1. The van der Waals surface area contributed by atoms with E-state index in [1.165, 1.54) is 24.1 Å². The number of aliphatic hydroxyl groups excluding tert-OH is 1. The maximum atomic E-state index is 13.7. The molecule has 13 heteroatoms. The van der Waals surface area contributed by atoms with E-state index in [-0.39, 0.29) is 60.3 Å². The third-order valence-electron chi connectivity index (χ3n) is 7.81. The van der Waals surface area contributed by atoms with Gasteiger partial charge in [0.15, 0.2) is 5.75 Å². The molecule has 0 aliphatic carbocycles. The second-order valence-electron chi connectivity index (χ2n) is 11.1. The number of benzene rings is 2. The highest BCUT2D eigenvalue weighted by Crippen LogP contribution is 2.36. The Hall–Kier alpha value is -3.84. The molecule has 1 saturated heterocycles. The SMILES string of the molecule is C[C@@H]1CN([C@@H](C)CO)C(=O)c2cccc(NC(=O)C3CCOCC3)c2O[C@H]1CN(C)C(=O)Nc1ccc(C(F)(F)F)cc1. The molecular formula is C30H37F3N4O6. The van der Waals surface area contributed by atoms with Crippen molar-refractivity contribution < 1.29 is 42.1 Å². The Morgan fingerprint density at radius 1 is 1.12 bits per heavy atom. The molecule has 4 rings (SSSR count). The first-order chi connectivity index (χ1) is 20.4. The summed E-state index contributed by atoms with van der Waals surface area (Å²) in [7, 11) is 1.52. The lowest BCUT2D eigenvalue weighted by Crippen LogP contribution is -2.50. The van der Waals surface area contributed by atoms with Crippen LogP contribution in [0.25, 0.3) is 0 Å². The van der Waals surface area contributed by atoms with Crippen molar-refractivity contribution in [3.05, 3.63) is 53.6 Å². The van der Waals surface area contributed by atoms with E-state index >= 15 is 0 Å². The zero-order chi connectivity index (χ0) is 31.3. The van der Waals surface area contributed by atoms with Gasteiger partial charge in [0, 0.05) is 44.3 Å². The molecule has 234 valence electrons. The Bertz CT molecular complexity index is 1300. The number of amides is 4. The molecule has 1 fully saturated rings. The summed E-state index contributed by atoms with van der Waals surface area (Å²) >= 11 is 0. The Kier molecular flexibility index (Phi) is 10.2. The number of halogens is 3. The summed E-state index contributed by atoms with van der Waals surface area (Å²) in [6.45, 7) is 4.54. The molecule has 3 N–H and O–H groups in total. The third kappa shape index (κ3) is 7.77. The number of nitrogens with zero attached hydrogens (tertiary/aromatic N) is 2. The molecule has 2 aliphatic heterocycles. The lowest BCUT2D eigenvalue weighted by atomic mass is 9.98. The number of urea groups is 1. The van der Waals surface area contributed by atoms with E-state index in [1.807, 2.05) is 6.92 Å². The van der Waals surface area contributed by atoms with Crippen molar-refractivity contribution >= 4 is 29.2 Å². The zero-order valence-electron chi connectivity index (χ0n) is 24.3. The number of rotatable bonds is 7. The highest BCUT2D eigenvalue weighted by atomic mass is 19.4. The molecule has 0 spiro atoms. The fourth-order valence-electron chi connectivity index (χ4n) is 5.07. The predicted molar refractivity (Wildman–Crippen MR) is 153 cm³/mol. The van der Waals surface area contributed by atoms with Crippen LogP contribution in [0.4, 0.5) is 29.3 Å². The maximum absolute atomic E-state index is 13.7. The van der Waals surface area contributed by atoms with E-state index in [4.69, 9.17) is 9.47 Å². The summed E-state index contributed by atoms with van der Waals surface area (Å²) in [5.74, 6) is -0.997. The molecule has 2 aliphatic rings.